The smallest absolute Gasteiger partial charge is 0.311 e. The van der Waals surface area contributed by atoms with Crippen molar-refractivity contribution in [1.29, 1.82) is 0 Å². The number of carbonyl (C=O) groups is 1. The van der Waals surface area contributed by atoms with Crippen LogP contribution in [-0.4, -0.2) is 10.7 Å². The summed E-state index contributed by atoms with van der Waals surface area (Å²) >= 11 is 0. The molecule has 0 atom stereocenters. The molecule has 108 valence electrons. The Bertz CT molecular complexity index is 700. The number of ether oxygens (including phenoxy) is 1. The van der Waals surface area contributed by atoms with Crippen molar-refractivity contribution >= 4 is 11.5 Å². The van der Waals surface area contributed by atoms with Crippen LogP contribution in [0.3, 0.4) is 0 Å². The summed E-state index contributed by atoms with van der Waals surface area (Å²) < 4.78 is 18.4. The fourth-order valence-electron chi connectivity index (χ4n) is 1.79. The van der Waals surface area contributed by atoms with E-state index in [1.807, 2.05) is 0 Å². The zero-order chi connectivity index (χ0) is 15.4. The van der Waals surface area contributed by atoms with Gasteiger partial charge >= 0.3 is 5.69 Å². The minimum Gasteiger partial charge on any atom is -0.482 e. The highest BCUT2D eigenvalue weighted by Gasteiger charge is 2.17. The van der Waals surface area contributed by atoms with Crippen molar-refractivity contribution in [3.63, 3.8) is 0 Å². The van der Waals surface area contributed by atoms with Gasteiger partial charge in [0.1, 0.15) is 12.4 Å². The predicted molar refractivity (Wildman–Crippen MR) is 73.8 cm³/mol. The van der Waals surface area contributed by atoms with Gasteiger partial charge < -0.3 is 4.74 Å². The predicted octanol–water partition coefficient (Wildman–Crippen LogP) is 3.52. The van der Waals surface area contributed by atoms with E-state index in [-0.39, 0.29) is 29.4 Å². The van der Waals surface area contributed by atoms with Gasteiger partial charge in [-0.1, -0.05) is 12.1 Å². The Hall–Kier alpha value is -2.76. The van der Waals surface area contributed by atoms with Crippen molar-refractivity contribution in [2.45, 2.75) is 13.5 Å². The molecule has 0 fully saturated rings. The third kappa shape index (κ3) is 3.62. The number of nitrogens with zero attached hydrogens (tertiary/aromatic N) is 1. The summed E-state index contributed by atoms with van der Waals surface area (Å²) in [7, 11) is 0. The molecule has 0 spiro atoms. The van der Waals surface area contributed by atoms with Crippen LogP contribution in [-0.2, 0) is 6.61 Å². The normalized spacial score (nSPS) is 10.2. The van der Waals surface area contributed by atoms with E-state index in [1.54, 1.807) is 6.07 Å². The van der Waals surface area contributed by atoms with E-state index in [2.05, 4.69) is 0 Å². The van der Waals surface area contributed by atoms with Gasteiger partial charge in [0.2, 0.25) is 0 Å². The number of hydrogen-bond acceptors (Lipinski definition) is 4. The van der Waals surface area contributed by atoms with Crippen LogP contribution in [0.25, 0.3) is 0 Å². The van der Waals surface area contributed by atoms with Crippen molar-refractivity contribution in [2.75, 3.05) is 0 Å². The Balaban J connectivity index is 2.23. The molecule has 0 aliphatic carbocycles. The topological polar surface area (TPSA) is 69.4 Å². The van der Waals surface area contributed by atoms with Gasteiger partial charge in [-0.3, -0.25) is 14.9 Å². The first-order chi connectivity index (χ1) is 9.97. The summed E-state index contributed by atoms with van der Waals surface area (Å²) in [5, 5.41) is 11.0. The first kappa shape index (κ1) is 14.6. The molecule has 0 unspecified atom stereocenters. The molecule has 0 saturated carbocycles. The summed E-state index contributed by atoms with van der Waals surface area (Å²) in [6, 6.07) is 9.76. The quantitative estimate of drug-likeness (QED) is 0.480. The standard InChI is InChI=1S/C15H12FNO4/c1-10(18)12-5-6-15(14(8-12)17(19)20)21-9-11-3-2-4-13(16)7-11/h2-8H,9H2,1H3. The lowest BCUT2D eigenvalue weighted by molar-refractivity contribution is -0.386. The number of nitro benzene ring substituents is 1. The Labute approximate surface area is 120 Å². The molecule has 0 aliphatic heterocycles. The summed E-state index contributed by atoms with van der Waals surface area (Å²) in [6.07, 6.45) is 0. The van der Waals surface area contributed by atoms with Crippen LogP contribution < -0.4 is 4.74 Å². The SMILES string of the molecule is CC(=O)c1ccc(OCc2cccc(F)c2)c([N+](=O)[O-])c1. The minimum atomic E-state index is -0.618. The Morgan fingerprint density at radius 3 is 2.67 bits per heavy atom. The molecule has 2 rings (SSSR count). The fourth-order valence-corrected chi connectivity index (χ4v) is 1.79. The lowest BCUT2D eigenvalue weighted by Crippen LogP contribution is -2.01. The highest BCUT2D eigenvalue weighted by atomic mass is 19.1. The molecule has 0 aliphatic rings. The van der Waals surface area contributed by atoms with Crippen LogP contribution in [0.15, 0.2) is 42.5 Å². The molecule has 0 saturated heterocycles. The second kappa shape index (κ2) is 6.13. The summed E-state index contributed by atoms with van der Waals surface area (Å²) in [6.45, 7) is 1.32. The first-order valence-corrected chi connectivity index (χ1v) is 6.14. The average molecular weight is 289 g/mol. The molecule has 21 heavy (non-hydrogen) atoms. The molecule has 0 amide bonds. The second-order valence-electron chi connectivity index (χ2n) is 4.41. The van der Waals surface area contributed by atoms with Crippen LogP contribution >= 0.6 is 0 Å². The highest BCUT2D eigenvalue weighted by Crippen LogP contribution is 2.29. The Kier molecular flexibility index (Phi) is 4.27. The van der Waals surface area contributed by atoms with E-state index in [1.165, 1.54) is 43.3 Å². The number of carbonyl (C=O) groups excluding carboxylic acids is 1. The summed E-state index contributed by atoms with van der Waals surface area (Å²) in [5.41, 5.74) is 0.499. The van der Waals surface area contributed by atoms with E-state index in [0.29, 0.717) is 5.56 Å². The zero-order valence-corrected chi connectivity index (χ0v) is 11.2. The van der Waals surface area contributed by atoms with Crippen LogP contribution in [0.2, 0.25) is 0 Å². The minimum absolute atomic E-state index is 0.00197. The van der Waals surface area contributed by atoms with Gasteiger partial charge in [-0.2, -0.15) is 0 Å². The lowest BCUT2D eigenvalue weighted by atomic mass is 10.1. The van der Waals surface area contributed by atoms with E-state index < -0.39 is 10.7 Å². The van der Waals surface area contributed by atoms with Gasteiger partial charge in [0.15, 0.2) is 11.5 Å². The van der Waals surface area contributed by atoms with Crippen LogP contribution in [0, 0.1) is 15.9 Å². The molecule has 0 aromatic heterocycles. The highest BCUT2D eigenvalue weighted by molar-refractivity contribution is 5.95. The lowest BCUT2D eigenvalue weighted by Gasteiger charge is -2.08. The molecule has 5 nitrogen and oxygen atoms in total. The number of benzene rings is 2. The van der Waals surface area contributed by atoms with Crippen molar-refractivity contribution < 1.29 is 18.8 Å². The molecular formula is C15H12FNO4. The number of ketones is 1. The van der Waals surface area contributed by atoms with Crippen LogP contribution in [0.1, 0.15) is 22.8 Å². The van der Waals surface area contributed by atoms with Crippen molar-refractivity contribution in [2.24, 2.45) is 0 Å². The van der Waals surface area contributed by atoms with Gasteiger partial charge in [0.05, 0.1) is 4.92 Å². The van der Waals surface area contributed by atoms with E-state index in [9.17, 15) is 19.3 Å². The van der Waals surface area contributed by atoms with Gasteiger partial charge in [0.25, 0.3) is 0 Å². The molecular weight excluding hydrogens is 277 g/mol. The van der Waals surface area contributed by atoms with Crippen molar-refractivity contribution in [3.8, 4) is 5.75 Å². The largest absolute Gasteiger partial charge is 0.482 e. The molecule has 2 aromatic carbocycles. The molecule has 2 aromatic rings. The fraction of sp³-hybridized carbons (Fsp3) is 0.133. The van der Waals surface area contributed by atoms with Crippen LogP contribution in [0.5, 0.6) is 5.75 Å². The van der Waals surface area contributed by atoms with Gasteiger partial charge in [-0.15, -0.1) is 0 Å². The Morgan fingerprint density at radius 1 is 1.29 bits per heavy atom. The van der Waals surface area contributed by atoms with E-state index in [4.69, 9.17) is 4.74 Å². The maximum Gasteiger partial charge on any atom is 0.311 e. The van der Waals surface area contributed by atoms with Crippen molar-refractivity contribution in [3.05, 3.63) is 69.5 Å². The van der Waals surface area contributed by atoms with Gasteiger partial charge in [-0.25, -0.2) is 4.39 Å². The number of hydrogen-bond donors (Lipinski definition) is 0. The molecule has 0 radical (unpaired) electrons. The molecule has 0 bridgehead atoms. The van der Waals surface area contributed by atoms with Crippen LogP contribution in [0.4, 0.5) is 10.1 Å². The summed E-state index contributed by atoms with van der Waals surface area (Å²) in [4.78, 5) is 21.6. The average Bonchev–Trinajstić information content (AvgIpc) is 2.44. The summed E-state index contributed by atoms with van der Waals surface area (Å²) in [5.74, 6) is -0.637. The molecule has 0 heterocycles. The molecule has 6 heteroatoms. The third-order valence-electron chi connectivity index (χ3n) is 2.85. The number of Topliss-reactive ketones (excluding diaryl/α,β-unsaturated/α-hetero) is 1. The molecule has 0 N–H and O–H groups in total. The maximum absolute atomic E-state index is 13.0. The zero-order valence-electron chi connectivity index (χ0n) is 11.2. The number of rotatable bonds is 5. The number of halogens is 1. The van der Waals surface area contributed by atoms with Crippen molar-refractivity contribution in [1.82, 2.24) is 0 Å². The Morgan fingerprint density at radius 2 is 2.05 bits per heavy atom. The maximum atomic E-state index is 13.0. The van der Waals surface area contributed by atoms with E-state index in [0.717, 1.165) is 0 Å². The first-order valence-electron chi connectivity index (χ1n) is 6.14. The van der Waals surface area contributed by atoms with Gasteiger partial charge in [0, 0.05) is 11.6 Å². The van der Waals surface area contributed by atoms with Gasteiger partial charge in [-0.05, 0) is 36.8 Å². The monoisotopic (exact) mass is 289 g/mol. The second-order valence-corrected chi connectivity index (χ2v) is 4.41. The van der Waals surface area contributed by atoms with E-state index >= 15 is 0 Å². The third-order valence-corrected chi connectivity index (χ3v) is 2.85. The number of nitro groups is 1.